The van der Waals surface area contributed by atoms with Crippen LogP contribution in [0.3, 0.4) is 0 Å². The molecular weight excluding hydrogens is 1980 g/mol. The van der Waals surface area contributed by atoms with Crippen LogP contribution in [-0.2, 0) is 33.0 Å². The van der Waals surface area contributed by atoms with E-state index in [0.717, 1.165) is 0 Å². The summed E-state index contributed by atoms with van der Waals surface area (Å²) in [6.07, 6.45) is 0. The van der Waals surface area contributed by atoms with Gasteiger partial charge < -0.3 is 4.18 Å². The fraction of sp³-hybridized carbons (Fsp3) is 1.00. The summed E-state index contributed by atoms with van der Waals surface area (Å²) in [6, 6.07) is 0. The molecule has 0 unspecified atom stereocenters. The number of hydrogen-bond donors (Lipinski definition) is 1. The molecule has 0 aromatic heterocycles. The minimum Gasteiger partial charge on any atom is -0.305 e. The van der Waals surface area contributed by atoms with Gasteiger partial charge in [-0.1, -0.05) is 11.7 Å². The summed E-state index contributed by atoms with van der Waals surface area (Å²) in [5.74, 6) is 0. The molecule has 380 valence electrons. The highest BCUT2D eigenvalue weighted by atomic mass is 34.1. The number of hydrogen-bond acceptors (Lipinski definition) is 61. The van der Waals surface area contributed by atoms with Gasteiger partial charge in [-0.25, -0.2) is 0 Å². The maximum atomic E-state index is 5.17. The summed E-state index contributed by atoms with van der Waals surface area (Å²) in [6.45, 7) is -1.80. The van der Waals surface area contributed by atoms with Gasteiger partial charge in [-0.3, -0.25) is 0 Å². The first-order chi connectivity index (χ1) is 31.1. The van der Waals surface area contributed by atoms with E-state index in [0.29, 0.717) is 0 Å². The van der Waals surface area contributed by atoms with E-state index in [9.17, 15) is 0 Å². The van der Waals surface area contributed by atoms with Gasteiger partial charge in [0.25, 0.3) is 0 Å². The van der Waals surface area contributed by atoms with Crippen molar-refractivity contribution in [3.63, 3.8) is 0 Å². The Balaban J connectivity index is 3.08. The third-order valence-corrected chi connectivity index (χ3v) is 133. The minimum absolute atomic E-state index is 1.46. The van der Waals surface area contributed by atoms with Crippen molar-refractivity contribution in [2.45, 2.75) is 0 Å². The van der Waals surface area contributed by atoms with Crippen molar-refractivity contribution < 1.29 is 4.18 Å². The van der Waals surface area contributed by atoms with Gasteiger partial charge in [0, 0.05) is 481 Å². The van der Waals surface area contributed by atoms with Crippen molar-refractivity contribution >= 4 is 601 Å². The van der Waals surface area contributed by atoms with Crippen molar-refractivity contribution in [2.24, 2.45) is 0 Å². The molecule has 0 aromatic carbocycles. The number of rotatable bonds is 58. The second-order valence-electron chi connectivity index (χ2n) is 4.46. The Kier molecular flexibility index (Phi) is 103. The van der Waals surface area contributed by atoms with E-state index < -0.39 is 6.46 Å². The summed E-state index contributed by atoms with van der Waals surface area (Å²) in [5, 5.41) is 0. The van der Waals surface area contributed by atoms with Crippen molar-refractivity contribution in [1.29, 1.82) is 0 Å². The van der Waals surface area contributed by atoms with E-state index in [4.69, 9.17) is 26.6 Å². The van der Waals surface area contributed by atoms with E-state index in [-0.39, 0.29) is 0 Å². The molecule has 0 atom stereocenters. The first-order valence-corrected chi connectivity index (χ1v) is 91.1. The molecule has 0 amide bonds. The lowest BCUT2D eigenvalue weighted by molar-refractivity contribution is 0.491. The zero-order valence-corrected chi connectivity index (χ0v) is 76.2. The van der Waals surface area contributed by atoms with Crippen molar-refractivity contribution in [3.05, 3.63) is 0 Å². The molecule has 0 rings (SSSR count). The molecule has 62 heteroatoms. The Labute approximate surface area is 595 Å². The van der Waals surface area contributed by atoms with Crippen molar-refractivity contribution in [2.75, 3.05) is 7.11 Å². The minimum atomic E-state index is -1.80. The van der Waals surface area contributed by atoms with Gasteiger partial charge in [0.05, 0.1) is 13.6 Å². The maximum absolute atomic E-state index is 5.17. The van der Waals surface area contributed by atoms with Gasteiger partial charge in [0.15, 0.2) is 0 Å². The molecule has 63 heavy (non-hydrogen) atoms. The molecule has 0 saturated carbocycles. The normalized spacial score (nSPS) is 12.0. The Morgan fingerprint density at radius 2 is 0.333 bits per heavy atom. The van der Waals surface area contributed by atoms with Crippen LogP contribution >= 0.6 is 572 Å². The second-order valence-corrected chi connectivity index (χ2v) is 113. The lowest BCUT2D eigenvalue weighted by Crippen LogP contribution is -1.87. The van der Waals surface area contributed by atoms with Crippen LogP contribution in [-0.4, -0.2) is 7.11 Å². The quantitative estimate of drug-likeness (QED) is 0.0352. The molecule has 1 nitrogen and oxygen atoms in total. The van der Waals surface area contributed by atoms with Crippen molar-refractivity contribution in [1.82, 2.24) is 0 Å². The van der Waals surface area contributed by atoms with Gasteiger partial charge in [0.1, 0.15) is 0 Å². The summed E-state index contributed by atoms with van der Waals surface area (Å²) < 4.78 is 5.11. The Morgan fingerprint density at radius 3 is 0.444 bits per heavy atom. The third-order valence-electron chi connectivity index (χ3n) is 1.85. The average Bonchev–Trinajstić information content (AvgIpc) is 3.28. The fourth-order valence-corrected chi connectivity index (χ4v) is 159. The molecule has 0 spiro atoms. The molecule has 0 saturated heterocycles. The molecule has 0 fully saturated rings. The maximum Gasteiger partial charge on any atom is 0.0817 e. The van der Waals surface area contributed by atoms with Crippen LogP contribution in [0.4, 0.5) is 0 Å². The van der Waals surface area contributed by atoms with Crippen LogP contribution in [0, 0.1) is 0 Å². The molecule has 0 bridgehead atoms. The van der Waals surface area contributed by atoms with Gasteiger partial charge in [-0.2, -0.15) is 0 Å². The molecular formula is CH4OS61. The lowest BCUT2D eigenvalue weighted by atomic mass is 11.8. The second kappa shape index (κ2) is 77.3. The molecule has 0 heterocycles. The summed E-state index contributed by atoms with van der Waals surface area (Å²) in [5.41, 5.74) is 0. The third kappa shape index (κ3) is 79.1. The van der Waals surface area contributed by atoms with E-state index in [2.05, 4.69) is 11.7 Å². The summed E-state index contributed by atoms with van der Waals surface area (Å²) in [7, 11) is 104. The predicted octanol–water partition coefficient (Wildman–Crippen LogP) is 37.4. The zero-order chi connectivity index (χ0) is 45.5. The van der Waals surface area contributed by atoms with E-state index in [1.165, 1.54) is 19.7 Å². The van der Waals surface area contributed by atoms with Gasteiger partial charge >= 0.3 is 0 Å². The van der Waals surface area contributed by atoms with Crippen LogP contribution in [0.2, 0.25) is 0 Å². The SMILES string of the molecule is COS(=S)(=S)SSSSSSSSSSSSSSSSSSSSSSSSSSSSSSSSSSSSSSSSSSSSSSSSSSSSSSSSSS. The van der Waals surface area contributed by atoms with Crippen LogP contribution in [0.25, 0.3) is 0 Å². The van der Waals surface area contributed by atoms with Crippen LogP contribution in [0.15, 0.2) is 0 Å². The van der Waals surface area contributed by atoms with Gasteiger partial charge in [0.2, 0.25) is 0 Å². The smallest absolute Gasteiger partial charge is 0.0817 e. The predicted molar refractivity (Wildman–Crippen MR) is 471 cm³/mol. The Bertz CT molecular complexity index is 893. The van der Waals surface area contributed by atoms with Gasteiger partial charge in [-0.05, 0) is 101 Å². The highest BCUT2D eigenvalue weighted by Gasteiger charge is 2.06. The molecule has 0 N–H and O–H groups in total. The molecule has 0 aliphatic carbocycles. The molecule has 0 aliphatic heterocycles. The number of thiol groups is 1. The summed E-state index contributed by atoms with van der Waals surface area (Å²) in [4.78, 5) is 0. The molecule has 0 aromatic rings. The van der Waals surface area contributed by atoms with E-state index in [1.807, 2.05) is 393 Å². The zero-order valence-electron chi connectivity index (χ0n) is 26.4. The average molecular weight is 1990 g/mol. The first-order valence-electron chi connectivity index (χ1n) is 10.6. The molecule has 0 aliphatic rings. The van der Waals surface area contributed by atoms with Crippen LogP contribution in [0.1, 0.15) is 0 Å². The summed E-state index contributed by atoms with van der Waals surface area (Å²) >= 11 is 14.4. The van der Waals surface area contributed by atoms with E-state index >= 15 is 0 Å². The topological polar surface area (TPSA) is 9.23 Å². The Hall–Kier alpha value is 21.1. The fourth-order valence-electron chi connectivity index (χ4n) is 0.687. The lowest BCUT2D eigenvalue weighted by Gasteiger charge is -2.03. The monoisotopic (exact) mass is 1980 g/mol. The highest BCUT2D eigenvalue weighted by Crippen LogP contribution is 2.70. The first kappa shape index (κ1) is 84.1. The standard InChI is InChI=1S/CH4OS61/c1-2-63(4,5)62-61-60-59-58-57-56-55-54-53-52-51-50-49-48-47-46-45-44-43-42-41-40-39-38-37-36-35-34-33-32-31-30-29-28-27-26-25-24-23-22-21-20-19-18-17-16-15-14-13-12-11-10-9-8-7-6-3/h3H,1H3. The highest BCUT2D eigenvalue weighted by molar-refractivity contribution is 9.64. The van der Waals surface area contributed by atoms with Gasteiger partial charge in [-0.15, -0.1) is 0 Å². The molecule has 0 radical (unpaired) electrons. The van der Waals surface area contributed by atoms with Crippen LogP contribution < -0.4 is 0 Å². The van der Waals surface area contributed by atoms with E-state index in [1.54, 1.807) is 154 Å². The Morgan fingerprint density at radius 1 is 0.222 bits per heavy atom. The van der Waals surface area contributed by atoms with Crippen LogP contribution in [0.5, 0.6) is 0 Å². The van der Waals surface area contributed by atoms with Crippen molar-refractivity contribution in [3.8, 4) is 0 Å². The largest absolute Gasteiger partial charge is 0.305 e.